The number of carbonyl (C=O) groups excluding carboxylic acids is 3. The van der Waals surface area contributed by atoms with Gasteiger partial charge in [0.15, 0.2) is 5.82 Å². The van der Waals surface area contributed by atoms with E-state index in [0.29, 0.717) is 78.8 Å². The van der Waals surface area contributed by atoms with Crippen molar-refractivity contribution >= 4 is 62.1 Å². The summed E-state index contributed by atoms with van der Waals surface area (Å²) in [4.78, 5) is 56.9. The molecule has 342 valence electrons. The molecule has 0 saturated carbocycles. The number of amides is 3. The second-order valence-corrected chi connectivity index (χ2v) is 20.8. The van der Waals surface area contributed by atoms with E-state index in [1.54, 1.807) is 31.3 Å². The lowest BCUT2D eigenvalue weighted by Crippen LogP contribution is -2.47. The number of nitrogens with one attached hydrogen (secondary N) is 3. The second-order valence-electron chi connectivity index (χ2n) is 18.0. The van der Waals surface area contributed by atoms with Crippen molar-refractivity contribution in [3.63, 3.8) is 0 Å². The summed E-state index contributed by atoms with van der Waals surface area (Å²) in [6.07, 6.45) is 5.74. The fraction of sp³-hybridized carbons (Fsp3) is 0.417. The molecular weight excluding hydrogens is 868 g/mol. The zero-order chi connectivity index (χ0) is 45.9. The lowest BCUT2D eigenvalue weighted by Gasteiger charge is -2.38. The zero-order valence-electron chi connectivity index (χ0n) is 37.1. The maximum atomic E-state index is 16.1. The molecule has 1 atom stereocenters. The first-order valence-corrected chi connectivity index (χ1v) is 24.8. The number of thiazole rings is 1. The van der Waals surface area contributed by atoms with Gasteiger partial charge in [0, 0.05) is 86.0 Å². The van der Waals surface area contributed by atoms with Crippen LogP contribution in [0, 0.1) is 11.7 Å². The van der Waals surface area contributed by atoms with Gasteiger partial charge in [-0.1, -0.05) is 52.0 Å². The summed E-state index contributed by atoms with van der Waals surface area (Å²) in [6.45, 7) is 10.6. The maximum Gasteiger partial charge on any atom is 0.234 e. The highest BCUT2D eigenvalue weighted by Gasteiger charge is 2.33. The number of aromatic nitrogens is 3. The highest BCUT2D eigenvalue weighted by Crippen LogP contribution is 2.42. The number of nitrogens with zero attached hydrogens (tertiary/aromatic N) is 5. The van der Waals surface area contributed by atoms with Crippen LogP contribution in [-0.2, 0) is 29.8 Å². The third-order valence-corrected chi connectivity index (χ3v) is 15.0. The Kier molecular flexibility index (Phi) is 13.5. The van der Waals surface area contributed by atoms with E-state index in [-0.39, 0.29) is 58.1 Å². The molecule has 3 N–H and O–H groups in total. The number of benzene rings is 3. The van der Waals surface area contributed by atoms with Gasteiger partial charge in [-0.05, 0) is 73.7 Å². The molecule has 17 heteroatoms. The predicted octanol–water partition coefficient (Wildman–Crippen LogP) is 8.41. The van der Waals surface area contributed by atoms with Gasteiger partial charge in [0.05, 0.1) is 38.6 Å². The molecule has 5 heterocycles. The molecule has 0 radical (unpaired) electrons. The van der Waals surface area contributed by atoms with Crippen molar-refractivity contribution < 1.29 is 31.9 Å². The number of piperidine rings is 3. The minimum absolute atomic E-state index is 0.0418. The average molecular weight is 923 g/mol. The van der Waals surface area contributed by atoms with Crippen LogP contribution in [0.15, 0.2) is 79.0 Å². The van der Waals surface area contributed by atoms with E-state index < -0.39 is 15.8 Å². The number of likely N-dealkylation sites (tertiary alicyclic amines) is 1. The van der Waals surface area contributed by atoms with Gasteiger partial charge in [0.1, 0.15) is 11.9 Å². The SMILES string of the molecule is CCCS(=O)(=O)Nc1cccc(-c2nc(C(C)(C)C)sc2-c2ccnc(Nc3cccc(OC4CCN(C(=O)C5CCN(c6cccc([C@H]7CCC(=O)NC7=O)c6)CC5)CC4)c3)n2)c1F. The monoisotopic (exact) mass is 922 g/mol. The van der Waals surface area contributed by atoms with Gasteiger partial charge in [-0.3, -0.25) is 24.4 Å². The second kappa shape index (κ2) is 19.3. The molecule has 0 spiro atoms. The summed E-state index contributed by atoms with van der Waals surface area (Å²) in [5.41, 5.74) is 3.20. The van der Waals surface area contributed by atoms with Crippen LogP contribution in [-0.4, -0.2) is 84.0 Å². The van der Waals surface area contributed by atoms with Crippen LogP contribution >= 0.6 is 11.3 Å². The number of ether oxygens (including phenoxy) is 1. The van der Waals surface area contributed by atoms with Gasteiger partial charge < -0.3 is 19.9 Å². The van der Waals surface area contributed by atoms with Gasteiger partial charge in [-0.15, -0.1) is 11.3 Å². The summed E-state index contributed by atoms with van der Waals surface area (Å²) < 4.78 is 50.1. The number of hydrogen-bond acceptors (Lipinski definition) is 12. The van der Waals surface area contributed by atoms with Gasteiger partial charge in [0.25, 0.3) is 0 Å². The summed E-state index contributed by atoms with van der Waals surface area (Å²) >= 11 is 1.40. The van der Waals surface area contributed by atoms with Crippen LogP contribution < -0.4 is 25.0 Å². The van der Waals surface area contributed by atoms with Gasteiger partial charge in [0.2, 0.25) is 33.7 Å². The van der Waals surface area contributed by atoms with E-state index in [2.05, 4.69) is 25.2 Å². The Bertz CT molecular complexity index is 2670. The Hall–Kier alpha value is -5.94. The third kappa shape index (κ3) is 10.8. The van der Waals surface area contributed by atoms with Crippen molar-refractivity contribution in [1.29, 1.82) is 0 Å². The van der Waals surface area contributed by atoms with Gasteiger partial charge >= 0.3 is 0 Å². The normalized spacial score (nSPS) is 17.8. The molecular formula is C48H55FN8O6S2. The number of anilines is 4. The number of rotatable bonds is 13. The third-order valence-electron chi connectivity index (χ3n) is 12.0. The number of hydrogen-bond donors (Lipinski definition) is 3. The van der Waals surface area contributed by atoms with Crippen LogP contribution in [0.25, 0.3) is 21.8 Å². The molecule has 0 unspecified atom stereocenters. The topological polar surface area (TPSA) is 176 Å². The minimum atomic E-state index is -3.73. The number of halogens is 1. The Labute approximate surface area is 383 Å². The maximum absolute atomic E-state index is 16.1. The number of sulfonamides is 1. The van der Waals surface area contributed by atoms with Crippen molar-refractivity contribution in [3.05, 3.63) is 95.4 Å². The van der Waals surface area contributed by atoms with E-state index in [4.69, 9.17) is 14.7 Å². The molecule has 65 heavy (non-hydrogen) atoms. The van der Waals surface area contributed by atoms with E-state index in [9.17, 15) is 22.8 Å². The first-order valence-electron chi connectivity index (χ1n) is 22.3. The first-order chi connectivity index (χ1) is 31.1. The van der Waals surface area contributed by atoms with Crippen LogP contribution in [0.1, 0.15) is 89.1 Å². The number of imide groups is 1. The fourth-order valence-electron chi connectivity index (χ4n) is 8.58. The lowest BCUT2D eigenvalue weighted by molar-refractivity contribution is -0.138. The minimum Gasteiger partial charge on any atom is -0.490 e. The van der Waals surface area contributed by atoms with Crippen LogP contribution in [0.4, 0.5) is 27.4 Å². The van der Waals surface area contributed by atoms with E-state index in [0.717, 1.165) is 42.2 Å². The standard InChI is InChI=1S/C48H55FN8O6S2/c1-5-27-65(61,62)55-38-14-8-13-37(41(38)49)42-43(64-46(54-42)48(2,3)4)39-17-22-50-47(52-39)51-32-10-7-12-35(29-32)63-34-20-25-57(26-21-34)45(60)30-18-23-56(24-19-30)33-11-6-9-31(28-33)36-15-16-40(58)53-44(36)59/h6-14,17,22,28-30,34,36,55H,5,15-16,18-21,23-27H2,1-4H3,(H,50,51,52)(H,53,58,59)/t36-/m1/s1. The van der Waals surface area contributed by atoms with Gasteiger partial charge in [-0.25, -0.2) is 27.8 Å². The van der Waals surface area contributed by atoms with Crippen molar-refractivity contribution in [3.8, 4) is 27.6 Å². The van der Waals surface area contributed by atoms with Crippen molar-refractivity contribution in [2.45, 2.75) is 90.1 Å². The summed E-state index contributed by atoms with van der Waals surface area (Å²) in [7, 11) is -3.73. The van der Waals surface area contributed by atoms with Gasteiger partial charge in [-0.2, -0.15) is 0 Å². The van der Waals surface area contributed by atoms with Crippen LogP contribution in [0.5, 0.6) is 5.75 Å². The highest BCUT2D eigenvalue weighted by molar-refractivity contribution is 7.92. The Morgan fingerprint density at radius 1 is 0.938 bits per heavy atom. The van der Waals surface area contributed by atoms with E-state index in [1.165, 1.54) is 17.4 Å². The van der Waals surface area contributed by atoms with E-state index >= 15 is 4.39 Å². The molecule has 0 aliphatic carbocycles. The largest absolute Gasteiger partial charge is 0.490 e. The summed E-state index contributed by atoms with van der Waals surface area (Å²) in [5, 5.41) is 6.51. The predicted molar refractivity (Wildman–Crippen MR) is 251 cm³/mol. The Morgan fingerprint density at radius 3 is 2.43 bits per heavy atom. The zero-order valence-corrected chi connectivity index (χ0v) is 38.7. The summed E-state index contributed by atoms with van der Waals surface area (Å²) in [6, 6.07) is 21.9. The molecule has 5 aromatic rings. The molecule has 0 bridgehead atoms. The molecule has 3 fully saturated rings. The van der Waals surface area contributed by atoms with E-state index in [1.807, 2.05) is 74.2 Å². The Morgan fingerprint density at radius 2 is 1.69 bits per heavy atom. The molecule has 8 rings (SSSR count). The number of carbonyl (C=O) groups is 3. The highest BCUT2D eigenvalue weighted by atomic mass is 32.2. The van der Waals surface area contributed by atoms with Crippen LogP contribution in [0.2, 0.25) is 0 Å². The lowest BCUT2D eigenvalue weighted by atomic mass is 9.89. The smallest absolute Gasteiger partial charge is 0.234 e. The van der Waals surface area contributed by atoms with Crippen molar-refractivity contribution in [2.75, 3.05) is 46.9 Å². The molecule has 2 aromatic heterocycles. The fourth-order valence-corrected chi connectivity index (χ4v) is 10.8. The van der Waals surface area contributed by atoms with Crippen LogP contribution in [0.3, 0.4) is 0 Å². The molecule has 3 saturated heterocycles. The Balaban J connectivity index is 0.873. The molecule has 14 nitrogen and oxygen atoms in total. The molecule has 3 aliphatic rings. The van der Waals surface area contributed by atoms with Crippen molar-refractivity contribution in [1.82, 2.24) is 25.2 Å². The first kappa shape index (κ1) is 45.6. The van der Waals surface area contributed by atoms with Crippen molar-refractivity contribution in [2.24, 2.45) is 5.92 Å². The molecule has 3 aromatic carbocycles. The molecule has 3 amide bonds. The molecule has 3 aliphatic heterocycles. The quantitative estimate of drug-likeness (QED) is 0.0968. The summed E-state index contributed by atoms with van der Waals surface area (Å²) in [5.74, 6) is -0.491. The average Bonchev–Trinajstić information content (AvgIpc) is 3.74.